The highest BCUT2D eigenvalue weighted by molar-refractivity contribution is 7.99. The number of hydrogen-bond donors (Lipinski definition) is 2. The van der Waals surface area contributed by atoms with Crippen LogP contribution in [0.4, 0.5) is 0 Å². The molecule has 1 aromatic carbocycles. The summed E-state index contributed by atoms with van der Waals surface area (Å²) in [7, 11) is 0. The van der Waals surface area contributed by atoms with Crippen LogP contribution in [-0.2, 0) is 11.2 Å². The first kappa shape index (κ1) is 17.8. The zero-order valence-electron chi connectivity index (χ0n) is 14.2. The Labute approximate surface area is 149 Å². The Balaban J connectivity index is 1.66. The van der Waals surface area contributed by atoms with Gasteiger partial charge in [-0.3, -0.25) is 4.79 Å². The minimum Gasteiger partial charge on any atom is -0.393 e. The maximum atomic E-state index is 13.0. The Morgan fingerprint density at radius 1 is 1.17 bits per heavy atom. The molecule has 0 radical (unpaired) electrons. The zero-order valence-corrected chi connectivity index (χ0v) is 15.0. The van der Waals surface area contributed by atoms with E-state index in [9.17, 15) is 9.90 Å². The van der Waals surface area contributed by atoms with Crippen LogP contribution in [0.1, 0.15) is 31.2 Å². The van der Waals surface area contributed by atoms with Crippen LogP contribution in [0.25, 0.3) is 0 Å². The Kier molecular flexibility index (Phi) is 6.58. The van der Waals surface area contributed by atoms with E-state index in [0.717, 1.165) is 56.7 Å². The molecule has 1 atom stereocenters. The average Bonchev–Trinajstić information content (AvgIpc) is 2.64. The molecule has 2 N–H and O–H groups in total. The van der Waals surface area contributed by atoms with Crippen LogP contribution in [0.2, 0.25) is 0 Å². The van der Waals surface area contributed by atoms with Crippen LogP contribution >= 0.6 is 11.8 Å². The highest BCUT2D eigenvalue weighted by Crippen LogP contribution is 2.20. The van der Waals surface area contributed by atoms with Crippen LogP contribution in [0.5, 0.6) is 0 Å². The fourth-order valence-corrected chi connectivity index (χ4v) is 4.50. The predicted molar refractivity (Wildman–Crippen MR) is 99.2 cm³/mol. The van der Waals surface area contributed by atoms with Crippen molar-refractivity contribution < 1.29 is 9.90 Å². The van der Waals surface area contributed by atoms with Gasteiger partial charge in [-0.15, -0.1) is 0 Å². The molecule has 132 valence electrons. The molecule has 2 aliphatic rings. The molecule has 1 aromatic rings. The van der Waals surface area contributed by atoms with Gasteiger partial charge >= 0.3 is 0 Å². The molecule has 0 bridgehead atoms. The van der Waals surface area contributed by atoms with Crippen molar-refractivity contribution in [2.75, 3.05) is 24.6 Å². The maximum absolute atomic E-state index is 13.0. The lowest BCUT2D eigenvalue weighted by molar-refractivity contribution is -0.133. The van der Waals surface area contributed by atoms with Crippen LogP contribution in [0.3, 0.4) is 0 Å². The molecule has 1 aliphatic heterocycles. The van der Waals surface area contributed by atoms with Crippen molar-refractivity contribution in [3.05, 3.63) is 35.9 Å². The lowest BCUT2D eigenvalue weighted by Crippen LogP contribution is -2.53. The van der Waals surface area contributed by atoms with E-state index in [1.54, 1.807) is 0 Å². The third-order valence-electron chi connectivity index (χ3n) is 5.04. The fraction of sp³-hybridized carbons (Fsp3) is 0.632. The molecule has 0 unspecified atom stereocenters. The van der Waals surface area contributed by atoms with Crippen molar-refractivity contribution in [2.45, 2.75) is 50.3 Å². The molecular formula is C19H28N2O2S. The number of nitrogens with one attached hydrogen (secondary N) is 1. The first-order valence-corrected chi connectivity index (χ1v) is 10.2. The van der Waals surface area contributed by atoms with Gasteiger partial charge in [0.25, 0.3) is 0 Å². The number of carbonyl (C=O) groups excluding carboxylic acids is 1. The molecule has 2 fully saturated rings. The number of rotatable bonds is 5. The lowest BCUT2D eigenvalue weighted by atomic mass is 9.92. The van der Waals surface area contributed by atoms with Crippen LogP contribution < -0.4 is 5.32 Å². The molecule has 1 amide bonds. The van der Waals surface area contributed by atoms with Crippen LogP contribution in [-0.4, -0.2) is 58.7 Å². The van der Waals surface area contributed by atoms with E-state index >= 15 is 0 Å². The average molecular weight is 349 g/mol. The van der Waals surface area contributed by atoms with Gasteiger partial charge in [-0.1, -0.05) is 30.3 Å². The summed E-state index contributed by atoms with van der Waals surface area (Å²) >= 11 is 1.93. The van der Waals surface area contributed by atoms with Gasteiger partial charge in [-0.25, -0.2) is 0 Å². The molecule has 24 heavy (non-hydrogen) atoms. The Morgan fingerprint density at radius 3 is 2.50 bits per heavy atom. The number of amides is 1. The Bertz CT molecular complexity index is 511. The minimum absolute atomic E-state index is 0.157. The van der Waals surface area contributed by atoms with E-state index in [1.165, 1.54) is 5.56 Å². The molecule has 1 aliphatic carbocycles. The zero-order chi connectivity index (χ0) is 16.8. The summed E-state index contributed by atoms with van der Waals surface area (Å²) in [4.78, 5) is 15.1. The summed E-state index contributed by atoms with van der Waals surface area (Å²) in [5.41, 5.74) is 1.20. The monoisotopic (exact) mass is 348 g/mol. The van der Waals surface area contributed by atoms with Gasteiger partial charge in [0, 0.05) is 30.6 Å². The van der Waals surface area contributed by atoms with E-state index in [4.69, 9.17) is 0 Å². The number of nitrogens with zero attached hydrogens (tertiary/aromatic N) is 1. The molecule has 5 heteroatoms. The molecule has 1 saturated heterocycles. The second-order valence-corrected chi connectivity index (χ2v) is 8.08. The number of carbonyl (C=O) groups is 1. The summed E-state index contributed by atoms with van der Waals surface area (Å²) in [5, 5.41) is 13.3. The molecule has 1 heterocycles. The van der Waals surface area contributed by atoms with E-state index < -0.39 is 0 Å². The number of thioether (sulfide) groups is 1. The van der Waals surface area contributed by atoms with E-state index in [0.29, 0.717) is 6.04 Å². The number of hydrogen-bond acceptors (Lipinski definition) is 4. The van der Waals surface area contributed by atoms with Gasteiger partial charge in [0.05, 0.1) is 12.1 Å². The SMILES string of the molecule is O=C([C@H](Cc1ccccc1)NC1CCC(O)CC1)N1CCSCC1. The summed E-state index contributed by atoms with van der Waals surface area (Å²) in [5.74, 6) is 2.32. The number of aliphatic hydroxyl groups excluding tert-OH is 1. The quantitative estimate of drug-likeness (QED) is 0.855. The summed E-state index contributed by atoms with van der Waals surface area (Å²) < 4.78 is 0. The normalized spacial score (nSPS) is 26.1. The molecule has 3 rings (SSSR count). The molecular weight excluding hydrogens is 320 g/mol. The molecule has 0 aromatic heterocycles. The summed E-state index contributed by atoms with van der Waals surface area (Å²) in [6.45, 7) is 1.72. The molecule has 0 spiro atoms. The first-order valence-electron chi connectivity index (χ1n) is 9.07. The summed E-state index contributed by atoms with van der Waals surface area (Å²) in [6, 6.07) is 10.5. The molecule has 1 saturated carbocycles. The highest BCUT2D eigenvalue weighted by atomic mass is 32.2. The van der Waals surface area contributed by atoms with E-state index in [-0.39, 0.29) is 18.1 Å². The van der Waals surface area contributed by atoms with Gasteiger partial charge in [-0.05, 0) is 37.7 Å². The fourth-order valence-electron chi connectivity index (χ4n) is 3.60. The largest absolute Gasteiger partial charge is 0.393 e. The van der Waals surface area contributed by atoms with Crippen LogP contribution in [0, 0.1) is 0 Å². The van der Waals surface area contributed by atoms with E-state index in [1.807, 2.05) is 34.9 Å². The van der Waals surface area contributed by atoms with Crippen molar-refractivity contribution in [3.8, 4) is 0 Å². The van der Waals surface area contributed by atoms with Crippen molar-refractivity contribution in [1.82, 2.24) is 10.2 Å². The maximum Gasteiger partial charge on any atom is 0.240 e. The summed E-state index contributed by atoms with van der Waals surface area (Å²) in [6.07, 6.45) is 4.16. The topological polar surface area (TPSA) is 52.6 Å². The van der Waals surface area contributed by atoms with Crippen LogP contribution in [0.15, 0.2) is 30.3 Å². The number of benzene rings is 1. The molecule has 4 nitrogen and oxygen atoms in total. The van der Waals surface area contributed by atoms with Gasteiger partial charge in [0.15, 0.2) is 0 Å². The third kappa shape index (κ3) is 4.98. The van der Waals surface area contributed by atoms with E-state index in [2.05, 4.69) is 17.4 Å². The van der Waals surface area contributed by atoms with Gasteiger partial charge in [0.1, 0.15) is 0 Å². The van der Waals surface area contributed by atoms with Crippen molar-refractivity contribution in [1.29, 1.82) is 0 Å². The lowest BCUT2D eigenvalue weighted by Gasteiger charge is -2.34. The van der Waals surface area contributed by atoms with Crippen molar-refractivity contribution in [2.24, 2.45) is 0 Å². The van der Waals surface area contributed by atoms with Crippen molar-refractivity contribution >= 4 is 17.7 Å². The number of aliphatic hydroxyl groups is 1. The Morgan fingerprint density at radius 2 is 1.83 bits per heavy atom. The van der Waals surface area contributed by atoms with Gasteiger partial charge in [0.2, 0.25) is 5.91 Å². The highest BCUT2D eigenvalue weighted by Gasteiger charge is 2.29. The predicted octanol–water partition coefficient (Wildman–Crippen LogP) is 2.07. The van der Waals surface area contributed by atoms with Gasteiger partial charge < -0.3 is 15.3 Å². The second-order valence-electron chi connectivity index (χ2n) is 6.85. The smallest absolute Gasteiger partial charge is 0.240 e. The van der Waals surface area contributed by atoms with Gasteiger partial charge in [-0.2, -0.15) is 11.8 Å². The minimum atomic E-state index is -0.162. The van der Waals surface area contributed by atoms with Crippen molar-refractivity contribution in [3.63, 3.8) is 0 Å². The Hall–Kier alpha value is -1.04. The first-order chi connectivity index (χ1) is 11.7. The standard InChI is InChI=1S/C19H28N2O2S/c22-17-8-6-16(7-9-17)20-18(14-15-4-2-1-3-5-15)19(23)21-10-12-24-13-11-21/h1-5,16-18,20,22H,6-14H2/t16?,17?,18-/m0/s1. The second kappa shape index (κ2) is 8.88. The third-order valence-corrected chi connectivity index (χ3v) is 5.98.